The zero-order valence-corrected chi connectivity index (χ0v) is 26.6. The molecule has 1 fully saturated rings. The maximum Gasteiger partial charge on any atom is 0.573 e. The normalized spacial score (nSPS) is 16.8. The number of benzene rings is 1. The van der Waals surface area contributed by atoms with Crippen LogP contribution in [0.25, 0.3) is 10.2 Å². The number of nitrogens with zero attached hydrogens (tertiary/aromatic N) is 4. The third-order valence-corrected chi connectivity index (χ3v) is 9.71. The summed E-state index contributed by atoms with van der Waals surface area (Å²) in [5, 5.41) is 8.37. The standard InChI is InChI=1S/C27H25F6N7O7S2/c1-3-17(9-4-14(2)46-26(28,29)30)49(44,45)40-11-10-39(25-36-19-20(22(34)41)37-38-24(43)21(19)48-25)13-18(40)23(42)35-12-15-5-7-16(8-6-15)47-27(31,32)33/h3-9,18H,1,10-13H2,2H3,(H2,34,41)(H,35,42)(H,38,43)/b14-4+,17-9+/t18-/m1/s1. The van der Waals surface area contributed by atoms with E-state index in [4.69, 9.17) is 5.73 Å². The number of aromatic nitrogens is 3. The maximum atomic E-state index is 13.8. The fraction of sp³-hybridized carbons (Fsp3) is 0.296. The molecule has 264 valence electrons. The molecule has 2 aromatic heterocycles. The Morgan fingerprint density at radius 1 is 1.14 bits per heavy atom. The first-order valence-electron chi connectivity index (χ1n) is 13.6. The molecule has 1 aliphatic heterocycles. The molecule has 0 spiro atoms. The number of nitrogens with one attached hydrogen (secondary N) is 2. The number of anilines is 1. The number of aromatic amines is 1. The number of thiazole rings is 1. The highest BCUT2D eigenvalue weighted by atomic mass is 32.2. The molecule has 14 nitrogen and oxygen atoms in total. The third kappa shape index (κ3) is 9.14. The highest BCUT2D eigenvalue weighted by Crippen LogP contribution is 2.31. The zero-order chi connectivity index (χ0) is 36.3. The number of hydrogen-bond donors (Lipinski definition) is 3. The van der Waals surface area contributed by atoms with Crippen LogP contribution in [0.2, 0.25) is 0 Å². The van der Waals surface area contributed by atoms with Gasteiger partial charge in [-0.1, -0.05) is 30.0 Å². The SMILES string of the molecule is C=C/C(=C\C=C(/C)OC(F)(F)F)S(=O)(=O)N1CCN(c2nc3c(C(N)=O)n[nH]c(=O)c3s2)C[C@@H]1C(=O)NCc1ccc(OC(F)(F)F)cc1. The monoisotopic (exact) mass is 737 g/mol. The molecule has 1 atom stereocenters. The van der Waals surface area contributed by atoms with Gasteiger partial charge in [-0.2, -0.15) is 9.40 Å². The molecule has 0 unspecified atom stereocenters. The molecule has 2 amide bonds. The minimum Gasteiger partial charge on any atom is -0.411 e. The number of rotatable bonds is 11. The number of primary amides is 1. The number of nitrogens with two attached hydrogens (primary N) is 1. The number of sulfonamides is 1. The number of alkyl halides is 6. The first-order chi connectivity index (χ1) is 22.8. The van der Waals surface area contributed by atoms with Crippen molar-refractivity contribution in [2.24, 2.45) is 5.73 Å². The van der Waals surface area contributed by atoms with Gasteiger partial charge in [0.2, 0.25) is 15.9 Å². The highest BCUT2D eigenvalue weighted by Gasteiger charge is 2.41. The molecule has 49 heavy (non-hydrogen) atoms. The second-order valence-electron chi connectivity index (χ2n) is 10.0. The minimum atomic E-state index is -5.04. The van der Waals surface area contributed by atoms with Crippen LogP contribution in [-0.4, -0.2) is 78.1 Å². The van der Waals surface area contributed by atoms with Crippen molar-refractivity contribution in [3.63, 3.8) is 0 Å². The number of carbonyl (C=O) groups excluding carboxylic acids is 2. The van der Waals surface area contributed by atoms with Crippen LogP contribution < -0.4 is 26.2 Å². The van der Waals surface area contributed by atoms with E-state index in [1.807, 2.05) is 0 Å². The Kier molecular flexibility index (Phi) is 10.7. The molecule has 1 saturated heterocycles. The van der Waals surface area contributed by atoms with E-state index >= 15 is 0 Å². The molecule has 0 bridgehead atoms. The van der Waals surface area contributed by atoms with Gasteiger partial charge in [0.15, 0.2) is 10.8 Å². The van der Waals surface area contributed by atoms with Gasteiger partial charge in [-0.3, -0.25) is 14.4 Å². The summed E-state index contributed by atoms with van der Waals surface area (Å²) in [6.07, 6.45) is -7.54. The average molecular weight is 738 g/mol. The Hall–Kier alpha value is -4.96. The smallest absolute Gasteiger partial charge is 0.411 e. The molecule has 1 aromatic carbocycles. The van der Waals surface area contributed by atoms with Crippen LogP contribution in [0.1, 0.15) is 23.0 Å². The lowest BCUT2D eigenvalue weighted by atomic mass is 10.1. The summed E-state index contributed by atoms with van der Waals surface area (Å²) in [6.45, 7) is 3.23. The summed E-state index contributed by atoms with van der Waals surface area (Å²) in [5.41, 5.74) is 4.51. The van der Waals surface area contributed by atoms with Crippen LogP contribution in [-0.2, 0) is 26.1 Å². The predicted octanol–water partition coefficient (Wildman–Crippen LogP) is 3.02. The van der Waals surface area contributed by atoms with Crippen LogP contribution in [0.4, 0.5) is 31.5 Å². The Labute approximate surface area is 276 Å². The minimum absolute atomic E-state index is 0.0205. The van der Waals surface area contributed by atoms with E-state index in [1.54, 1.807) is 0 Å². The van der Waals surface area contributed by atoms with Crippen LogP contribution in [0.15, 0.2) is 64.5 Å². The van der Waals surface area contributed by atoms with Crippen molar-refractivity contribution in [2.45, 2.75) is 32.2 Å². The molecule has 1 aliphatic rings. The molecular formula is C27H25F6N7O7S2. The average Bonchev–Trinajstić information content (AvgIpc) is 3.45. The summed E-state index contributed by atoms with van der Waals surface area (Å²) in [4.78, 5) is 43.0. The molecule has 22 heteroatoms. The number of carbonyl (C=O) groups is 2. The van der Waals surface area contributed by atoms with Crippen molar-refractivity contribution >= 4 is 48.5 Å². The van der Waals surface area contributed by atoms with Crippen molar-refractivity contribution in [2.75, 3.05) is 24.5 Å². The van der Waals surface area contributed by atoms with Crippen LogP contribution in [0.5, 0.6) is 5.75 Å². The molecular weight excluding hydrogens is 712 g/mol. The van der Waals surface area contributed by atoms with Crippen molar-refractivity contribution in [1.29, 1.82) is 0 Å². The predicted molar refractivity (Wildman–Crippen MR) is 162 cm³/mol. The second-order valence-corrected chi connectivity index (χ2v) is 12.9. The van der Waals surface area contributed by atoms with E-state index in [2.05, 4.69) is 36.6 Å². The lowest BCUT2D eigenvalue weighted by Crippen LogP contribution is -2.60. The van der Waals surface area contributed by atoms with Gasteiger partial charge in [0.1, 0.15) is 27.8 Å². The number of piperazine rings is 1. The molecule has 0 aliphatic carbocycles. The van der Waals surface area contributed by atoms with Gasteiger partial charge in [0.25, 0.3) is 11.5 Å². The maximum absolute atomic E-state index is 13.8. The molecule has 0 radical (unpaired) electrons. The second kappa shape index (κ2) is 14.3. The number of H-pyrrole nitrogens is 1. The molecule has 4 N–H and O–H groups in total. The lowest BCUT2D eigenvalue weighted by Gasteiger charge is -2.39. The van der Waals surface area contributed by atoms with Crippen molar-refractivity contribution in [3.05, 3.63) is 81.3 Å². The summed E-state index contributed by atoms with van der Waals surface area (Å²) in [7, 11) is -4.63. The van der Waals surface area contributed by atoms with E-state index < -0.39 is 62.6 Å². The Morgan fingerprint density at radius 3 is 2.41 bits per heavy atom. The van der Waals surface area contributed by atoms with Crippen LogP contribution >= 0.6 is 11.3 Å². The van der Waals surface area contributed by atoms with E-state index in [1.165, 1.54) is 17.0 Å². The van der Waals surface area contributed by atoms with E-state index in [0.29, 0.717) is 5.56 Å². The number of allylic oxidation sites excluding steroid dienone is 4. The topological polar surface area (TPSA) is 190 Å². The van der Waals surface area contributed by atoms with E-state index in [9.17, 15) is 49.1 Å². The lowest BCUT2D eigenvalue weighted by molar-refractivity contribution is -0.305. The summed E-state index contributed by atoms with van der Waals surface area (Å²) >= 11 is 0.817. The van der Waals surface area contributed by atoms with Crippen LogP contribution in [0, 0.1) is 0 Å². The number of ether oxygens (including phenoxy) is 2. The van der Waals surface area contributed by atoms with Gasteiger partial charge < -0.3 is 25.4 Å². The summed E-state index contributed by atoms with van der Waals surface area (Å²) in [6, 6.07) is 2.96. The van der Waals surface area contributed by atoms with Gasteiger partial charge in [-0.25, -0.2) is 18.5 Å². The summed E-state index contributed by atoms with van der Waals surface area (Å²) in [5.74, 6) is -3.07. The van der Waals surface area contributed by atoms with Crippen molar-refractivity contribution < 1.29 is 53.8 Å². The first kappa shape index (κ1) is 36.9. The fourth-order valence-corrected chi connectivity index (χ4v) is 7.04. The van der Waals surface area contributed by atoms with Gasteiger partial charge in [0.05, 0.1) is 4.91 Å². The third-order valence-electron chi connectivity index (χ3n) is 6.64. The van der Waals surface area contributed by atoms with Gasteiger partial charge in [-0.05, 0) is 42.8 Å². The Bertz CT molecular complexity index is 1970. The largest absolute Gasteiger partial charge is 0.573 e. The van der Waals surface area contributed by atoms with E-state index in [-0.39, 0.29) is 47.2 Å². The highest BCUT2D eigenvalue weighted by molar-refractivity contribution is 7.93. The number of amides is 2. The van der Waals surface area contributed by atoms with Crippen molar-refractivity contribution in [3.8, 4) is 5.75 Å². The number of hydrogen-bond acceptors (Lipinski definition) is 11. The number of halogens is 6. The van der Waals surface area contributed by atoms with E-state index in [0.717, 1.165) is 52.9 Å². The molecule has 0 saturated carbocycles. The quantitative estimate of drug-likeness (QED) is 0.150. The van der Waals surface area contributed by atoms with Gasteiger partial charge >= 0.3 is 12.7 Å². The number of fused-ring (bicyclic) bond motifs is 1. The molecule has 3 aromatic rings. The molecule has 3 heterocycles. The van der Waals surface area contributed by atoms with Gasteiger partial charge in [-0.15, -0.1) is 26.3 Å². The van der Waals surface area contributed by atoms with Crippen LogP contribution in [0.3, 0.4) is 0 Å². The summed E-state index contributed by atoms with van der Waals surface area (Å²) < 4.78 is 111. The van der Waals surface area contributed by atoms with Crippen molar-refractivity contribution in [1.82, 2.24) is 24.8 Å². The fourth-order valence-electron chi connectivity index (χ4n) is 4.51. The van der Waals surface area contributed by atoms with Gasteiger partial charge in [0, 0.05) is 26.2 Å². The Morgan fingerprint density at radius 2 is 1.82 bits per heavy atom. The first-order valence-corrected chi connectivity index (χ1v) is 15.9. The zero-order valence-electron chi connectivity index (χ0n) is 25.0. The Balaban J connectivity index is 1.66. The molecule has 4 rings (SSSR count).